The molecule has 0 aromatic rings. The van der Waals surface area contributed by atoms with E-state index in [9.17, 15) is 24.0 Å². The van der Waals surface area contributed by atoms with Gasteiger partial charge in [0.05, 0.1) is 25.4 Å². The highest BCUT2D eigenvalue weighted by Gasteiger charge is 2.42. The van der Waals surface area contributed by atoms with Crippen molar-refractivity contribution in [2.45, 2.75) is 13.8 Å². The predicted molar refractivity (Wildman–Crippen MR) is 85.6 cm³/mol. The van der Waals surface area contributed by atoms with E-state index in [1.165, 1.54) is 13.8 Å². The van der Waals surface area contributed by atoms with Crippen LogP contribution < -0.4 is 5.32 Å². The Morgan fingerprint density at radius 1 is 0.889 bits per heavy atom. The number of rotatable bonds is 7. The van der Waals surface area contributed by atoms with Crippen LogP contribution in [-0.2, 0) is 42.9 Å². The fourth-order valence-electron chi connectivity index (χ4n) is 2.35. The van der Waals surface area contributed by atoms with Gasteiger partial charge in [-0.3, -0.25) is 4.79 Å². The number of ether oxygens (including phenoxy) is 4. The maximum absolute atomic E-state index is 12.4. The maximum atomic E-state index is 12.4. The molecule has 0 amide bonds. The third-order valence-electron chi connectivity index (χ3n) is 3.51. The molecule has 1 rings (SSSR count). The van der Waals surface area contributed by atoms with Crippen LogP contribution in [0.3, 0.4) is 0 Å². The van der Waals surface area contributed by atoms with Crippen LogP contribution in [-0.4, -0.2) is 62.4 Å². The summed E-state index contributed by atoms with van der Waals surface area (Å²) in [5, 5.41) is 11.4. The van der Waals surface area contributed by atoms with Gasteiger partial charge in [0.15, 0.2) is 13.2 Å². The van der Waals surface area contributed by atoms with Crippen LogP contribution in [0.2, 0.25) is 0 Å². The van der Waals surface area contributed by atoms with Crippen molar-refractivity contribution in [3.05, 3.63) is 22.5 Å². The second-order valence-corrected chi connectivity index (χ2v) is 5.28. The van der Waals surface area contributed by atoms with Gasteiger partial charge in [0.2, 0.25) is 0 Å². The first-order chi connectivity index (χ1) is 12.6. The van der Waals surface area contributed by atoms with Gasteiger partial charge in [0.25, 0.3) is 0 Å². The van der Waals surface area contributed by atoms with Crippen LogP contribution in [0.4, 0.5) is 0 Å². The number of carbonyl (C=O) groups is 5. The van der Waals surface area contributed by atoms with Crippen LogP contribution in [0.25, 0.3) is 0 Å². The molecule has 11 heteroatoms. The van der Waals surface area contributed by atoms with Crippen molar-refractivity contribution in [2.24, 2.45) is 5.92 Å². The van der Waals surface area contributed by atoms with E-state index in [0.29, 0.717) is 0 Å². The number of allylic oxidation sites excluding steroid dienone is 2. The van der Waals surface area contributed by atoms with Crippen molar-refractivity contribution >= 4 is 29.8 Å². The second-order valence-electron chi connectivity index (χ2n) is 5.28. The molecule has 27 heavy (non-hydrogen) atoms. The standard InChI is InChI=1S/C16H19NO10/c1-7-11(15(22)26-5-9(18)19)13(14(21)25-4)12(8(2)17-7)16(23)27-6-10(20)24-3/h13,17H,5-6H2,1-4H3,(H,18,19). The Kier molecular flexibility index (Phi) is 7.51. The van der Waals surface area contributed by atoms with E-state index >= 15 is 0 Å². The molecule has 0 aromatic heterocycles. The lowest BCUT2D eigenvalue weighted by Gasteiger charge is -2.28. The molecule has 0 saturated heterocycles. The van der Waals surface area contributed by atoms with E-state index in [0.717, 1.165) is 14.2 Å². The number of esters is 4. The third kappa shape index (κ3) is 5.30. The Hall–Kier alpha value is -3.37. The van der Waals surface area contributed by atoms with Crippen LogP contribution in [0, 0.1) is 5.92 Å². The highest BCUT2D eigenvalue weighted by atomic mass is 16.6. The van der Waals surface area contributed by atoms with Crippen LogP contribution >= 0.6 is 0 Å². The van der Waals surface area contributed by atoms with Gasteiger partial charge in [-0.15, -0.1) is 0 Å². The molecule has 148 valence electrons. The molecule has 0 saturated carbocycles. The number of hydrogen-bond donors (Lipinski definition) is 2. The first-order valence-electron chi connectivity index (χ1n) is 7.53. The average Bonchev–Trinajstić information content (AvgIpc) is 2.62. The van der Waals surface area contributed by atoms with E-state index in [2.05, 4.69) is 19.5 Å². The Balaban J connectivity index is 3.25. The van der Waals surface area contributed by atoms with Gasteiger partial charge < -0.3 is 29.4 Å². The summed E-state index contributed by atoms with van der Waals surface area (Å²) >= 11 is 0. The smallest absolute Gasteiger partial charge is 0.344 e. The van der Waals surface area contributed by atoms with Crippen LogP contribution in [0.5, 0.6) is 0 Å². The summed E-state index contributed by atoms with van der Waals surface area (Å²) in [4.78, 5) is 58.7. The van der Waals surface area contributed by atoms with Crippen molar-refractivity contribution in [2.75, 3.05) is 27.4 Å². The molecule has 1 aliphatic rings. The summed E-state index contributed by atoms with van der Waals surface area (Å²) in [6, 6.07) is 0. The average molecular weight is 385 g/mol. The molecule has 1 aliphatic heterocycles. The molecule has 1 atom stereocenters. The fourth-order valence-corrected chi connectivity index (χ4v) is 2.35. The largest absolute Gasteiger partial charge is 0.479 e. The van der Waals surface area contributed by atoms with Gasteiger partial charge in [-0.2, -0.15) is 0 Å². The number of dihydropyridines is 1. The lowest BCUT2D eigenvalue weighted by atomic mass is 9.85. The van der Waals surface area contributed by atoms with E-state index in [4.69, 9.17) is 9.84 Å². The zero-order chi connectivity index (χ0) is 20.7. The van der Waals surface area contributed by atoms with Gasteiger partial charge in [-0.05, 0) is 13.8 Å². The minimum atomic E-state index is -1.53. The summed E-state index contributed by atoms with van der Waals surface area (Å²) in [5.74, 6) is -6.90. The zero-order valence-electron chi connectivity index (χ0n) is 15.1. The summed E-state index contributed by atoms with van der Waals surface area (Å²) in [5.41, 5.74) is -0.229. The van der Waals surface area contributed by atoms with E-state index in [1.807, 2.05) is 0 Å². The molecule has 2 N–H and O–H groups in total. The second kappa shape index (κ2) is 9.36. The summed E-state index contributed by atoms with van der Waals surface area (Å²) in [6.45, 7) is 1.25. The first-order valence-corrected chi connectivity index (χ1v) is 7.53. The molecular weight excluding hydrogens is 366 g/mol. The highest BCUT2D eigenvalue weighted by molar-refractivity contribution is 6.06. The van der Waals surface area contributed by atoms with Gasteiger partial charge in [-0.25, -0.2) is 19.2 Å². The zero-order valence-corrected chi connectivity index (χ0v) is 15.1. The van der Waals surface area contributed by atoms with Crippen LogP contribution in [0.15, 0.2) is 22.5 Å². The quantitative estimate of drug-likeness (QED) is 0.421. The molecule has 11 nitrogen and oxygen atoms in total. The molecular formula is C16H19NO10. The number of methoxy groups -OCH3 is 2. The Bertz CT molecular complexity index is 733. The van der Waals surface area contributed by atoms with Gasteiger partial charge >= 0.3 is 29.8 Å². The molecule has 1 unspecified atom stereocenters. The Labute approximate surface area is 153 Å². The molecule has 0 spiro atoms. The lowest BCUT2D eigenvalue weighted by molar-refractivity contribution is -0.157. The van der Waals surface area contributed by atoms with Gasteiger partial charge in [-0.1, -0.05) is 0 Å². The molecule has 0 aliphatic carbocycles. The summed E-state index contributed by atoms with van der Waals surface area (Å²) in [6.07, 6.45) is 0. The summed E-state index contributed by atoms with van der Waals surface area (Å²) in [7, 11) is 2.15. The predicted octanol–water partition coefficient (Wildman–Crippen LogP) is -0.729. The fraction of sp³-hybridized carbons (Fsp3) is 0.438. The number of carbonyl (C=O) groups excluding carboxylic acids is 4. The summed E-state index contributed by atoms with van der Waals surface area (Å²) < 4.78 is 18.5. The molecule has 0 fully saturated rings. The normalized spacial score (nSPS) is 16.2. The maximum Gasteiger partial charge on any atom is 0.344 e. The van der Waals surface area contributed by atoms with Crippen LogP contribution in [0.1, 0.15) is 13.8 Å². The number of hydrogen-bond acceptors (Lipinski definition) is 10. The third-order valence-corrected chi connectivity index (χ3v) is 3.51. The van der Waals surface area contributed by atoms with Crippen molar-refractivity contribution in [3.8, 4) is 0 Å². The Morgan fingerprint density at radius 2 is 1.37 bits per heavy atom. The van der Waals surface area contributed by atoms with E-state index in [-0.39, 0.29) is 22.5 Å². The molecule has 1 heterocycles. The molecule has 0 aromatic carbocycles. The van der Waals surface area contributed by atoms with E-state index < -0.39 is 49.0 Å². The van der Waals surface area contributed by atoms with Crippen molar-refractivity contribution in [3.63, 3.8) is 0 Å². The molecule has 0 radical (unpaired) electrons. The minimum Gasteiger partial charge on any atom is -0.479 e. The number of nitrogens with one attached hydrogen (secondary N) is 1. The topological polar surface area (TPSA) is 155 Å². The number of carboxylic acid groups (broad SMARTS) is 1. The number of carboxylic acids is 1. The SMILES string of the molecule is COC(=O)COC(=O)C1=C(C)NC(C)=C(C(=O)OCC(=O)O)C1C(=O)OC. The highest BCUT2D eigenvalue weighted by Crippen LogP contribution is 2.32. The first kappa shape index (κ1) is 21.7. The van der Waals surface area contributed by atoms with Crippen molar-refractivity contribution < 1.29 is 48.0 Å². The van der Waals surface area contributed by atoms with Crippen molar-refractivity contribution in [1.29, 1.82) is 0 Å². The minimum absolute atomic E-state index is 0.169. The number of aliphatic carboxylic acids is 1. The lowest BCUT2D eigenvalue weighted by Crippen LogP contribution is -2.38. The van der Waals surface area contributed by atoms with Gasteiger partial charge in [0.1, 0.15) is 5.92 Å². The van der Waals surface area contributed by atoms with Gasteiger partial charge in [0, 0.05) is 11.4 Å². The Morgan fingerprint density at radius 3 is 1.78 bits per heavy atom. The van der Waals surface area contributed by atoms with Crippen molar-refractivity contribution in [1.82, 2.24) is 5.32 Å². The molecule has 0 bridgehead atoms. The van der Waals surface area contributed by atoms with E-state index in [1.54, 1.807) is 0 Å². The monoisotopic (exact) mass is 385 g/mol.